The van der Waals surface area contributed by atoms with E-state index < -0.39 is 0 Å². The number of rotatable bonds is 7. The fourth-order valence-electron chi connectivity index (χ4n) is 0.532. The van der Waals surface area contributed by atoms with Crippen LogP contribution < -0.4 is 0 Å². The molecule has 0 heterocycles. The first-order valence-electron chi connectivity index (χ1n) is 3.47. The lowest BCUT2D eigenvalue weighted by atomic mass is 10.5. The summed E-state index contributed by atoms with van der Waals surface area (Å²) in [5.41, 5.74) is 0. The summed E-state index contributed by atoms with van der Waals surface area (Å²) < 4.78 is 9.94. The third kappa shape index (κ3) is 7.88. The SMILES string of the molecule is [CH2]COCCCOCCO. The average molecular weight is 147 g/mol. The fraction of sp³-hybridized carbons (Fsp3) is 0.857. The Bertz CT molecular complexity index is 48.8. The van der Waals surface area contributed by atoms with Crippen LogP contribution in [0.25, 0.3) is 0 Å². The molecule has 61 valence electrons. The summed E-state index contributed by atoms with van der Waals surface area (Å²) in [6.07, 6.45) is 0.871. The Morgan fingerprint density at radius 2 is 1.80 bits per heavy atom. The minimum atomic E-state index is 0.0934. The molecule has 1 N–H and O–H groups in total. The van der Waals surface area contributed by atoms with Crippen molar-refractivity contribution in [2.24, 2.45) is 0 Å². The van der Waals surface area contributed by atoms with Crippen molar-refractivity contribution in [1.82, 2.24) is 0 Å². The molecule has 10 heavy (non-hydrogen) atoms. The molecule has 1 radical (unpaired) electrons. The van der Waals surface area contributed by atoms with Gasteiger partial charge in [0.2, 0.25) is 0 Å². The van der Waals surface area contributed by atoms with Gasteiger partial charge in [0.05, 0.1) is 13.2 Å². The maximum Gasteiger partial charge on any atom is 0.0697 e. The van der Waals surface area contributed by atoms with Gasteiger partial charge in [0.25, 0.3) is 0 Å². The van der Waals surface area contributed by atoms with Gasteiger partial charge >= 0.3 is 0 Å². The molecule has 0 spiro atoms. The van der Waals surface area contributed by atoms with E-state index in [9.17, 15) is 0 Å². The van der Waals surface area contributed by atoms with Gasteiger partial charge in [0, 0.05) is 19.8 Å². The van der Waals surface area contributed by atoms with E-state index in [1.807, 2.05) is 0 Å². The first kappa shape index (κ1) is 9.88. The maximum atomic E-state index is 8.30. The predicted molar refractivity (Wildman–Crippen MR) is 38.7 cm³/mol. The van der Waals surface area contributed by atoms with E-state index in [-0.39, 0.29) is 6.61 Å². The van der Waals surface area contributed by atoms with Gasteiger partial charge < -0.3 is 14.6 Å². The lowest BCUT2D eigenvalue weighted by Gasteiger charge is -2.01. The van der Waals surface area contributed by atoms with Crippen molar-refractivity contribution in [2.75, 3.05) is 33.0 Å². The Morgan fingerprint density at radius 1 is 1.10 bits per heavy atom. The van der Waals surface area contributed by atoms with Crippen molar-refractivity contribution < 1.29 is 14.6 Å². The molecule has 0 saturated heterocycles. The average Bonchev–Trinajstić information content (AvgIpc) is 1.97. The summed E-state index contributed by atoms with van der Waals surface area (Å²) in [5.74, 6) is 0. The Labute approximate surface area is 62.0 Å². The topological polar surface area (TPSA) is 38.7 Å². The van der Waals surface area contributed by atoms with Crippen molar-refractivity contribution in [3.63, 3.8) is 0 Å². The third-order valence-corrected chi connectivity index (χ3v) is 0.957. The zero-order chi connectivity index (χ0) is 7.66. The first-order valence-corrected chi connectivity index (χ1v) is 3.47. The molecule has 0 fully saturated rings. The van der Waals surface area contributed by atoms with E-state index in [4.69, 9.17) is 14.6 Å². The highest BCUT2D eigenvalue weighted by Gasteiger charge is 1.86. The van der Waals surface area contributed by atoms with Crippen LogP contribution in [-0.4, -0.2) is 38.1 Å². The standard InChI is InChI=1S/C7H15O3/c1-2-9-5-3-6-10-7-4-8/h8H,1-7H2. The molecule has 0 aromatic carbocycles. The van der Waals surface area contributed by atoms with Crippen LogP contribution in [0.15, 0.2) is 0 Å². The van der Waals surface area contributed by atoms with Crippen molar-refractivity contribution in [1.29, 1.82) is 0 Å². The van der Waals surface area contributed by atoms with Crippen LogP contribution in [0.2, 0.25) is 0 Å². The van der Waals surface area contributed by atoms with Crippen LogP contribution in [0, 0.1) is 6.92 Å². The van der Waals surface area contributed by atoms with E-state index in [0.717, 1.165) is 6.42 Å². The molecule has 0 aliphatic carbocycles. The summed E-state index contributed by atoms with van der Waals surface area (Å²) in [7, 11) is 0. The maximum absolute atomic E-state index is 8.30. The number of hydrogen-bond acceptors (Lipinski definition) is 3. The van der Waals surface area contributed by atoms with Crippen molar-refractivity contribution in [2.45, 2.75) is 6.42 Å². The van der Waals surface area contributed by atoms with Crippen molar-refractivity contribution in [3.8, 4) is 0 Å². The van der Waals surface area contributed by atoms with Crippen LogP contribution in [0.5, 0.6) is 0 Å². The van der Waals surface area contributed by atoms with Gasteiger partial charge in [-0.25, -0.2) is 0 Å². The molecule has 0 aromatic heterocycles. The molecular weight excluding hydrogens is 132 g/mol. The summed E-state index contributed by atoms with van der Waals surface area (Å²) in [5, 5.41) is 8.30. The molecule has 0 aliphatic rings. The summed E-state index contributed by atoms with van der Waals surface area (Å²) in [6.45, 7) is 5.89. The molecule has 0 atom stereocenters. The highest BCUT2D eigenvalue weighted by molar-refractivity contribution is 4.36. The Hall–Kier alpha value is -0.120. The van der Waals surface area contributed by atoms with Gasteiger partial charge in [-0.3, -0.25) is 0 Å². The predicted octanol–water partition coefficient (Wildman–Crippen LogP) is 0.236. The van der Waals surface area contributed by atoms with Crippen molar-refractivity contribution in [3.05, 3.63) is 6.92 Å². The second-order valence-corrected chi connectivity index (χ2v) is 1.80. The minimum Gasteiger partial charge on any atom is -0.394 e. The number of ether oxygens (including phenoxy) is 2. The zero-order valence-electron chi connectivity index (χ0n) is 6.21. The summed E-state index contributed by atoms with van der Waals surface area (Å²) in [4.78, 5) is 0. The van der Waals surface area contributed by atoms with Gasteiger partial charge in [-0.2, -0.15) is 0 Å². The molecule has 0 bridgehead atoms. The monoisotopic (exact) mass is 147 g/mol. The molecule has 0 aliphatic heterocycles. The quantitative estimate of drug-likeness (QED) is 0.524. The number of aliphatic hydroxyl groups excluding tert-OH is 1. The Morgan fingerprint density at radius 3 is 2.40 bits per heavy atom. The van der Waals surface area contributed by atoms with Crippen LogP contribution in [-0.2, 0) is 9.47 Å². The lowest BCUT2D eigenvalue weighted by Crippen LogP contribution is -2.03. The normalized spacial score (nSPS) is 10.2. The summed E-state index contributed by atoms with van der Waals surface area (Å²) in [6, 6.07) is 0. The zero-order valence-corrected chi connectivity index (χ0v) is 6.21. The second-order valence-electron chi connectivity index (χ2n) is 1.80. The fourth-order valence-corrected chi connectivity index (χ4v) is 0.532. The minimum absolute atomic E-state index is 0.0934. The van der Waals surface area contributed by atoms with Crippen LogP contribution in [0.1, 0.15) is 6.42 Å². The number of aliphatic hydroxyl groups is 1. The molecular formula is C7H15O3. The first-order chi connectivity index (χ1) is 4.91. The third-order valence-electron chi connectivity index (χ3n) is 0.957. The smallest absolute Gasteiger partial charge is 0.0697 e. The van der Waals surface area contributed by atoms with E-state index >= 15 is 0 Å². The Balaban J connectivity index is 2.65. The van der Waals surface area contributed by atoms with Gasteiger partial charge in [-0.05, 0) is 13.3 Å². The molecule has 0 aromatic rings. The molecule has 3 nitrogen and oxygen atoms in total. The highest BCUT2D eigenvalue weighted by Crippen LogP contribution is 1.83. The molecule has 0 amide bonds. The summed E-state index contributed by atoms with van der Waals surface area (Å²) >= 11 is 0. The van der Waals surface area contributed by atoms with Gasteiger partial charge in [0.1, 0.15) is 0 Å². The van der Waals surface area contributed by atoms with Gasteiger partial charge in [0.15, 0.2) is 0 Å². The highest BCUT2D eigenvalue weighted by atomic mass is 16.5. The molecule has 0 rings (SSSR count). The molecule has 0 unspecified atom stereocenters. The van der Waals surface area contributed by atoms with E-state index in [1.54, 1.807) is 0 Å². The van der Waals surface area contributed by atoms with Crippen molar-refractivity contribution >= 4 is 0 Å². The second kappa shape index (κ2) is 8.88. The van der Waals surface area contributed by atoms with Gasteiger partial charge in [-0.15, -0.1) is 0 Å². The molecule has 3 heteroatoms. The molecule has 0 saturated carbocycles. The van der Waals surface area contributed by atoms with E-state index in [1.165, 1.54) is 0 Å². The Kier molecular flexibility index (Phi) is 8.77. The number of hydrogen-bond donors (Lipinski definition) is 1. The van der Waals surface area contributed by atoms with E-state index in [2.05, 4.69) is 6.92 Å². The largest absolute Gasteiger partial charge is 0.394 e. The lowest BCUT2D eigenvalue weighted by molar-refractivity contribution is 0.0694. The van der Waals surface area contributed by atoms with Crippen LogP contribution in [0.4, 0.5) is 0 Å². The van der Waals surface area contributed by atoms with Crippen LogP contribution in [0.3, 0.4) is 0 Å². The van der Waals surface area contributed by atoms with Crippen LogP contribution >= 0.6 is 0 Å². The van der Waals surface area contributed by atoms with Gasteiger partial charge in [-0.1, -0.05) is 0 Å². The van der Waals surface area contributed by atoms with E-state index in [0.29, 0.717) is 26.4 Å².